The van der Waals surface area contributed by atoms with Crippen molar-refractivity contribution in [3.8, 4) is 5.75 Å². The summed E-state index contributed by atoms with van der Waals surface area (Å²) in [5.74, 6) is 0.238. The normalized spacial score (nSPS) is 22.1. The van der Waals surface area contributed by atoms with E-state index in [-0.39, 0.29) is 11.8 Å². The van der Waals surface area contributed by atoms with Crippen LogP contribution in [0.15, 0.2) is 18.2 Å². The number of phenolic OH excluding ortho intramolecular Hbond substituents is 1. The Balaban J connectivity index is 2.24. The van der Waals surface area contributed by atoms with Crippen LogP contribution in [0.2, 0.25) is 0 Å². The van der Waals surface area contributed by atoms with E-state index < -0.39 is 0 Å². The predicted octanol–water partition coefficient (Wildman–Crippen LogP) is 0.635. The van der Waals surface area contributed by atoms with Gasteiger partial charge in [0.25, 0.3) is 0 Å². The highest BCUT2D eigenvalue weighted by Gasteiger charge is 2.17. The highest BCUT2D eigenvalue weighted by Crippen LogP contribution is 2.25. The number of hydrogen-bond acceptors (Lipinski definition) is 4. The van der Waals surface area contributed by atoms with Gasteiger partial charge in [-0.15, -0.1) is 0 Å². The second-order valence-corrected chi connectivity index (χ2v) is 3.39. The monoisotopic (exact) mass is 194 g/mol. The van der Waals surface area contributed by atoms with Gasteiger partial charge in [-0.3, -0.25) is 0 Å². The third-order valence-electron chi connectivity index (χ3n) is 2.37. The maximum Gasteiger partial charge on any atom is 0.116 e. The zero-order chi connectivity index (χ0) is 9.97. The number of rotatable bonds is 1. The van der Waals surface area contributed by atoms with Gasteiger partial charge in [0, 0.05) is 12.2 Å². The Morgan fingerprint density at radius 1 is 1.50 bits per heavy atom. The molecule has 0 spiro atoms. The van der Waals surface area contributed by atoms with E-state index in [0.29, 0.717) is 12.3 Å². The smallest absolute Gasteiger partial charge is 0.116 e. The van der Waals surface area contributed by atoms with Crippen molar-refractivity contribution in [1.29, 1.82) is 0 Å². The number of ether oxygens (including phenoxy) is 1. The average Bonchev–Trinajstić information content (AvgIpc) is 2.23. The first-order valence-electron chi connectivity index (χ1n) is 4.67. The Kier molecular flexibility index (Phi) is 2.56. The van der Waals surface area contributed by atoms with Gasteiger partial charge in [0.05, 0.1) is 19.3 Å². The SMILES string of the molecule is Nc1ccc(O)cc1C1COCCN1. The van der Waals surface area contributed by atoms with Crippen LogP contribution in [0.1, 0.15) is 11.6 Å². The van der Waals surface area contributed by atoms with Gasteiger partial charge in [-0.05, 0) is 23.8 Å². The predicted molar refractivity (Wildman–Crippen MR) is 54.1 cm³/mol. The second-order valence-electron chi connectivity index (χ2n) is 3.39. The molecule has 0 aromatic heterocycles. The summed E-state index contributed by atoms with van der Waals surface area (Å²) in [6, 6.07) is 5.07. The molecule has 0 amide bonds. The number of hydrogen-bond donors (Lipinski definition) is 3. The number of benzene rings is 1. The van der Waals surface area contributed by atoms with Crippen molar-refractivity contribution in [2.75, 3.05) is 25.5 Å². The van der Waals surface area contributed by atoms with Crippen LogP contribution in [0.5, 0.6) is 5.75 Å². The second kappa shape index (κ2) is 3.86. The van der Waals surface area contributed by atoms with Gasteiger partial charge in [0.2, 0.25) is 0 Å². The Bertz CT molecular complexity index is 322. The van der Waals surface area contributed by atoms with Gasteiger partial charge in [-0.25, -0.2) is 0 Å². The molecule has 1 aromatic carbocycles. The summed E-state index contributed by atoms with van der Waals surface area (Å²) in [6.07, 6.45) is 0. The minimum Gasteiger partial charge on any atom is -0.508 e. The lowest BCUT2D eigenvalue weighted by atomic mass is 10.0. The molecule has 1 aliphatic rings. The minimum atomic E-state index is 0.0934. The maximum atomic E-state index is 9.34. The molecule has 1 heterocycles. The van der Waals surface area contributed by atoms with E-state index in [2.05, 4.69) is 5.32 Å². The van der Waals surface area contributed by atoms with Crippen LogP contribution >= 0.6 is 0 Å². The molecule has 0 bridgehead atoms. The van der Waals surface area contributed by atoms with Crippen molar-refractivity contribution in [3.63, 3.8) is 0 Å². The molecule has 0 radical (unpaired) electrons. The molecular weight excluding hydrogens is 180 g/mol. The summed E-state index contributed by atoms with van der Waals surface area (Å²) >= 11 is 0. The first-order valence-corrected chi connectivity index (χ1v) is 4.67. The Labute approximate surface area is 82.7 Å². The summed E-state index contributed by atoms with van der Waals surface area (Å²) in [7, 11) is 0. The zero-order valence-electron chi connectivity index (χ0n) is 7.86. The van der Waals surface area contributed by atoms with Crippen molar-refractivity contribution in [2.24, 2.45) is 0 Å². The molecule has 1 saturated heterocycles. The van der Waals surface area contributed by atoms with Crippen molar-refractivity contribution in [1.82, 2.24) is 5.32 Å². The van der Waals surface area contributed by atoms with Crippen molar-refractivity contribution < 1.29 is 9.84 Å². The van der Waals surface area contributed by atoms with E-state index in [1.807, 2.05) is 0 Å². The Morgan fingerprint density at radius 2 is 2.36 bits per heavy atom. The van der Waals surface area contributed by atoms with E-state index in [1.54, 1.807) is 18.2 Å². The quantitative estimate of drug-likeness (QED) is 0.453. The largest absolute Gasteiger partial charge is 0.508 e. The van der Waals surface area contributed by atoms with Gasteiger partial charge in [-0.1, -0.05) is 0 Å². The maximum absolute atomic E-state index is 9.34. The molecule has 76 valence electrons. The number of nitrogens with two attached hydrogens (primary N) is 1. The van der Waals surface area contributed by atoms with Gasteiger partial charge < -0.3 is 20.9 Å². The zero-order valence-corrected chi connectivity index (χ0v) is 7.86. The summed E-state index contributed by atoms with van der Waals surface area (Å²) < 4.78 is 5.33. The van der Waals surface area contributed by atoms with Crippen LogP contribution in [0.3, 0.4) is 0 Å². The Morgan fingerprint density at radius 3 is 3.07 bits per heavy atom. The third-order valence-corrected chi connectivity index (χ3v) is 2.37. The highest BCUT2D eigenvalue weighted by atomic mass is 16.5. The molecule has 1 unspecified atom stereocenters. The van der Waals surface area contributed by atoms with Crippen LogP contribution in [-0.2, 0) is 4.74 Å². The molecule has 1 aliphatic heterocycles. The van der Waals surface area contributed by atoms with Crippen LogP contribution in [0.25, 0.3) is 0 Å². The van der Waals surface area contributed by atoms with Crippen LogP contribution < -0.4 is 11.1 Å². The van der Waals surface area contributed by atoms with E-state index in [4.69, 9.17) is 10.5 Å². The van der Waals surface area contributed by atoms with Crippen molar-refractivity contribution in [3.05, 3.63) is 23.8 Å². The fourth-order valence-corrected chi connectivity index (χ4v) is 1.63. The van der Waals surface area contributed by atoms with Gasteiger partial charge >= 0.3 is 0 Å². The molecular formula is C10H14N2O2. The van der Waals surface area contributed by atoms with Gasteiger partial charge in [-0.2, -0.15) is 0 Å². The highest BCUT2D eigenvalue weighted by molar-refractivity contribution is 5.51. The molecule has 1 atom stereocenters. The van der Waals surface area contributed by atoms with Gasteiger partial charge in [0.15, 0.2) is 0 Å². The molecule has 14 heavy (non-hydrogen) atoms. The lowest BCUT2D eigenvalue weighted by Gasteiger charge is -2.25. The number of nitrogens with one attached hydrogen (secondary N) is 1. The third kappa shape index (κ3) is 1.81. The first kappa shape index (κ1) is 9.30. The summed E-state index contributed by atoms with van der Waals surface area (Å²) in [4.78, 5) is 0. The fraction of sp³-hybridized carbons (Fsp3) is 0.400. The number of phenols is 1. The number of aromatic hydroxyl groups is 1. The summed E-state index contributed by atoms with van der Waals surface area (Å²) in [5, 5.41) is 12.6. The van der Waals surface area contributed by atoms with Gasteiger partial charge in [0.1, 0.15) is 5.75 Å². The molecule has 1 aromatic rings. The van der Waals surface area contributed by atoms with Crippen molar-refractivity contribution in [2.45, 2.75) is 6.04 Å². The van der Waals surface area contributed by atoms with Crippen LogP contribution in [0, 0.1) is 0 Å². The van der Waals surface area contributed by atoms with E-state index in [0.717, 1.165) is 18.7 Å². The van der Waals surface area contributed by atoms with Crippen LogP contribution in [0.4, 0.5) is 5.69 Å². The molecule has 4 heteroatoms. The molecule has 4 N–H and O–H groups in total. The standard InChI is InChI=1S/C10H14N2O2/c11-9-2-1-7(13)5-8(9)10-6-14-4-3-12-10/h1-2,5,10,12-13H,3-4,6,11H2. The Hall–Kier alpha value is -1.26. The number of anilines is 1. The topological polar surface area (TPSA) is 67.5 Å². The number of morpholine rings is 1. The summed E-state index contributed by atoms with van der Waals surface area (Å²) in [6.45, 7) is 2.16. The first-order chi connectivity index (χ1) is 6.77. The molecule has 0 saturated carbocycles. The molecule has 1 fully saturated rings. The number of nitrogen functional groups attached to an aromatic ring is 1. The lowest BCUT2D eigenvalue weighted by molar-refractivity contribution is 0.0770. The summed E-state index contributed by atoms with van der Waals surface area (Å²) in [5.41, 5.74) is 7.41. The van der Waals surface area contributed by atoms with Crippen molar-refractivity contribution >= 4 is 5.69 Å². The van der Waals surface area contributed by atoms with Crippen LogP contribution in [-0.4, -0.2) is 24.9 Å². The van der Waals surface area contributed by atoms with E-state index in [9.17, 15) is 5.11 Å². The molecule has 0 aliphatic carbocycles. The van der Waals surface area contributed by atoms with E-state index in [1.165, 1.54) is 0 Å². The van der Waals surface area contributed by atoms with E-state index >= 15 is 0 Å². The lowest BCUT2D eigenvalue weighted by Crippen LogP contribution is -2.34. The fourth-order valence-electron chi connectivity index (χ4n) is 1.63. The average molecular weight is 194 g/mol. The minimum absolute atomic E-state index is 0.0934. The molecule has 2 rings (SSSR count). The molecule has 4 nitrogen and oxygen atoms in total.